The first kappa shape index (κ1) is 16.0. The minimum Gasteiger partial charge on any atom is -0.305 e. The van der Waals surface area contributed by atoms with Crippen molar-refractivity contribution in [3.05, 3.63) is 46.2 Å². The number of thioether (sulfide) groups is 1. The van der Waals surface area contributed by atoms with Gasteiger partial charge in [-0.25, -0.2) is 9.37 Å². The van der Waals surface area contributed by atoms with Crippen molar-refractivity contribution in [1.82, 2.24) is 4.98 Å². The number of halogens is 1. The molecule has 0 saturated heterocycles. The van der Waals surface area contributed by atoms with Gasteiger partial charge in [-0.1, -0.05) is 0 Å². The number of rotatable bonds is 5. The third kappa shape index (κ3) is 4.04. The molecule has 0 unspecified atom stereocenters. The van der Waals surface area contributed by atoms with E-state index in [1.807, 2.05) is 25.5 Å². The highest BCUT2D eigenvalue weighted by molar-refractivity contribution is 7.99. The Kier molecular flexibility index (Phi) is 5.36. The lowest BCUT2D eigenvalue weighted by molar-refractivity contribution is -0.118. The molecule has 0 fully saturated rings. The Hall–Kier alpha value is -1.40. The summed E-state index contributed by atoms with van der Waals surface area (Å²) in [6, 6.07) is 5.98. The zero-order valence-corrected chi connectivity index (χ0v) is 13.8. The van der Waals surface area contributed by atoms with E-state index in [9.17, 15) is 9.18 Å². The lowest BCUT2D eigenvalue weighted by Crippen LogP contribution is -2.36. The third-order valence-corrected chi connectivity index (χ3v) is 4.82. The van der Waals surface area contributed by atoms with Gasteiger partial charge in [0.2, 0.25) is 5.91 Å². The molecule has 2 rings (SSSR count). The molecule has 1 amide bonds. The van der Waals surface area contributed by atoms with Crippen LogP contribution in [0.5, 0.6) is 0 Å². The SMILES string of the molecule is CS[C@@H](C)C(=O)N(Cc1csc(C)n1)c1ccc(F)cc1. The van der Waals surface area contributed by atoms with Crippen molar-refractivity contribution in [2.45, 2.75) is 25.6 Å². The maximum Gasteiger partial charge on any atom is 0.240 e. The standard InChI is InChI=1S/C15H17FN2OS2/c1-10(20-3)15(19)18(8-13-9-21-11(2)17-13)14-6-4-12(16)5-7-14/h4-7,9-10H,8H2,1-3H3/t10-/m0/s1. The number of hydrogen-bond donors (Lipinski definition) is 0. The number of benzene rings is 1. The zero-order chi connectivity index (χ0) is 15.4. The summed E-state index contributed by atoms with van der Waals surface area (Å²) in [6.07, 6.45) is 1.90. The van der Waals surface area contributed by atoms with Gasteiger partial charge in [0.25, 0.3) is 0 Å². The van der Waals surface area contributed by atoms with Crippen molar-refractivity contribution in [2.24, 2.45) is 0 Å². The minimum atomic E-state index is -0.312. The maximum atomic E-state index is 13.1. The van der Waals surface area contributed by atoms with Crippen molar-refractivity contribution in [3.8, 4) is 0 Å². The van der Waals surface area contributed by atoms with Crippen LogP contribution < -0.4 is 4.90 Å². The highest BCUT2D eigenvalue weighted by Crippen LogP contribution is 2.22. The second-order valence-corrected chi connectivity index (χ2v) is 6.88. The third-order valence-electron chi connectivity index (χ3n) is 3.09. The predicted molar refractivity (Wildman–Crippen MR) is 87.4 cm³/mol. The quantitative estimate of drug-likeness (QED) is 0.837. The monoisotopic (exact) mass is 324 g/mol. The first-order chi connectivity index (χ1) is 10.0. The van der Waals surface area contributed by atoms with E-state index >= 15 is 0 Å². The first-order valence-electron chi connectivity index (χ1n) is 6.52. The van der Waals surface area contributed by atoms with Crippen LogP contribution in [0, 0.1) is 12.7 Å². The fraction of sp³-hybridized carbons (Fsp3) is 0.333. The van der Waals surface area contributed by atoms with Gasteiger partial charge < -0.3 is 4.90 Å². The van der Waals surface area contributed by atoms with Crippen LogP contribution in [0.3, 0.4) is 0 Å². The number of thiazole rings is 1. The van der Waals surface area contributed by atoms with Crippen LogP contribution in [-0.2, 0) is 11.3 Å². The number of carbonyl (C=O) groups excluding carboxylic acids is 1. The Morgan fingerprint density at radius 3 is 2.62 bits per heavy atom. The van der Waals surface area contributed by atoms with Gasteiger partial charge in [0.1, 0.15) is 5.82 Å². The average molecular weight is 324 g/mol. The summed E-state index contributed by atoms with van der Waals surface area (Å²) < 4.78 is 13.1. The maximum absolute atomic E-state index is 13.1. The van der Waals surface area contributed by atoms with Gasteiger partial charge in [-0.2, -0.15) is 11.8 Å². The molecule has 0 spiro atoms. The van der Waals surface area contributed by atoms with Crippen LogP contribution in [0.4, 0.5) is 10.1 Å². The average Bonchev–Trinajstić information content (AvgIpc) is 2.89. The first-order valence-corrected chi connectivity index (χ1v) is 8.68. The van der Waals surface area contributed by atoms with E-state index in [0.29, 0.717) is 12.2 Å². The second-order valence-electron chi connectivity index (χ2n) is 4.64. The van der Waals surface area contributed by atoms with E-state index in [1.165, 1.54) is 23.9 Å². The number of amides is 1. The van der Waals surface area contributed by atoms with Gasteiger partial charge in [0.15, 0.2) is 0 Å². The zero-order valence-electron chi connectivity index (χ0n) is 12.2. The van der Waals surface area contributed by atoms with Crippen molar-refractivity contribution in [1.29, 1.82) is 0 Å². The molecule has 6 heteroatoms. The van der Waals surface area contributed by atoms with Crippen LogP contribution in [0.1, 0.15) is 17.6 Å². The number of hydrogen-bond acceptors (Lipinski definition) is 4. The van der Waals surface area contributed by atoms with E-state index in [-0.39, 0.29) is 17.0 Å². The van der Waals surface area contributed by atoms with E-state index in [0.717, 1.165) is 10.7 Å². The number of nitrogens with zero attached hydrogens (tertiary/aromatic N) is 2. The van der Waals surface area contributed by atoms with Crippen molar-refractivity contribution < 1.29 is 9.18 Å². The van der Waals surface area contributed by atoms with Gasteiger partial charge in [0, 0.05) is 11.1 Å². The number of aromatic nitrogens is 1. The Bertz CT molecular complexity index is 612. The number of anilines is 1. The Balaban J connectivity index is 2.29. The van der Waals surface area contributed by atoms with Crippen molar-refractivity contribution >= 4 is 34.7 Å². The molecule has 0 N–H and O–H groups in total. The highest BCUT2D eigenvalue weighted by atomic mass is 32.2. The molecule has 1 heterocycles. The molecule has 112 valence electrons. The Morgan fingerprint density at radius 1 is 1.43 bits per heavy atom. The second kappa shape index (κ2) is 7.04. The largest absolute Gasteiger partial charge is 0.305 e. The fourth-order valence-electron chi connectivity index (χ4n) is 1.88. The molecule has 0 radical (unpaired) electrons. The fourth-order valence-corrected chi connectivity index (χ4v) is 2.81. The number of aryl methyl sites for hydroxylation is 1. The summed E-state index contributed by atoms with van der Waals surface area (Å²) in [5.74, 6) is -0.312. The molecule has 0 saturated carbocycles. The molecular formula is C15H17FN2OS2. The topological polar surface area (TPSA) is 33.2 Å². The van der Waals surface area contributed by atoms with Crippen LogP contribution in [0.15, 0.2) is 29.6 Å². The Labute approximate surface area is 132 Å². The van der Waals surface area contributed by atoms with Crippen molar-refractivity contribution in [3.63, 3.8) is 0 Å². The summed E-state index contributed by atoms with van der Waals surface area (Å²) in [4.78, 5) is 18.6. The molecule has 0 bridgehead atoms. The highest BCUT2D eigenvalue weighted by Gasteiger charge is 2.22. The lowest BCUT2D eigenvalue weighted by Gasteiger charge is -2.24. The van der Waals surface area contributed by atoms with Crippen LogP contribution in [0.25, 0.3) is 0 Å². The molecule has 0 aliphatic rings. The van der Waals surface area contributed by atoms with Gasteiger partial charge in [-0.05, 0) is 44.4 Å². The molecule has 1 aromatic heterocycles. The van der Waals surface area contributed by atoms with Gasteiger partial charge in [-0.15, -0.1) is 11.3 Å². The minimum absolute atomic E-state index is 0.000221. The molecule has 21 heavy (non-hydrogen) atoms. The summed E-state index contributed by atoms with van der Waals surface area (Å²) in [5.41, 5.74) is 1.54. The van der Waals surface area contributed by atoms with Crippen LogP contribution in [0.2, 0.25) is 0 Å². The van der Waals surface area contributed by atoms with Crippen LogP contribution in [-0.4, -0.2) is 22.4 Å². The molecular weight excluding hydrogens is 307 g/mol. The van der Waals surface area contributed by atoms with E-state index in [4.69, 9.17) is 0 Å². The summed E-state index contributed by atoms with van der Waals surface area (Å²) in [7, 11) is 0. The molecule has 1 aromatic carbocycles. The van der Waals surface area contributed by atoms with E-state index in [1.54, 1.807) is 28.4 Å². The van der Waals surface area contributed by atoms with E-state index in [2.05, 4.69) is 4.98 Å². The smallest absolute Gasteiger partial charge is 0.240 e. The summed E-state index contributed by atoms with van der Waals surface area (Å²) >= 11 is 3.05. The number of carbonyl (C=O) groups is 1. The predicted octanol–water partition coefficient (Wildman–Crippen LogP) is 3.88. The molecule has 0 aliphatic heterocycles. The molecule has 3 nitrogen and oxygen atoms in total. The van der Waals surface area contributed by atoms with Gasteiger partial charge in [-0.3, -0.25) is 4.79 Å². The summed E-state index contributed by atoms with van der Waals surface area (Å²) in [6.45, 7) is 4.21. The molecule has 0 aliphatic carbocycles. The summed E-state index contributed by atoms with van der Waals surface area (Å²) in [5, 5.41) is 2.76. The molecule has 2 aromatic rings. The Morgan fingerprint density at radius 2 is 2.10 bits per heavy atom. The van der Waals surface area contributed by atoms with Crippen LogP contribution >= 0.6 is 23.1 Å². The van der Waals surface area contributed by atoms with Crippen molar-refractivity contribution in [2.75, 3.05) is 11.2 Å². The lowest BCUT2D eigenvalue weighted by atomic mass is 10.2. The van der Waals surface area contributed by atoms with E-state index < -0.39 is 0 Å². The normalized spacial score (nSPS) is 12.2. The van der Waals surface area contributed by atoms with Gasteiger partial charge in [0.05, 0.1) is 22.5 Å². The van der Waals surface area contributed by atoms with Gasteiger partial charge >= 0.3 is 0 Å². The molecule has 1 atom stereocenters.